The molecule has 1 fully saturated rings. The lowest BCUT2D eigenvalue weighted by atomic mass is 9.98. The summed E-state index contributed by atoms with van der Waals surface area (Å²) in [6.45, 7) is 5.80. The molecule has 0 aliphatic carbocycles. The molecule has 76 valence electrons. The smallest absolute Gasteiger partial charge is 0.112 e. The van der Waals surface area contributed by atoms with Gasteiger partial charge in [0.25, 0.3) is 0 Å². The van der Waals surface area contributed by atoms with Crippen molar-refractivity contribution >= 4 is 0 Å². The van der Waals surface area contributed by atoms with Crippen LogP contribution >= 0.6 is 0 Å². The maximum atomic E-state index is 2.46. The highest BCUT2D eigenvalue weighted by Gasteiger charge is 2.19. The molecular weight excluding hydrogens is 170 g/mol. The molecular formula is C13H20N+. The maximum Gasteiger partial charge on any atom is 0.112 e. The first kappa shape index (κ1) is 9.72. The molecule has 14 heavy (non-hydrogen) atoms. The Balaban J connectivity index is 2.12. The van der Waals surface area contributed by atoms with Crippen LogP contribution < -0.4 is 5.32 Å². The second kappa shape index (κ2) is 4.14. The first-order valence-corrected chi connectivity index (χ1v) is 5.70. The van der Waals surface area contributed by atoms with Gasteiger partial charge in [0.15, 0.2) is 0 Å². The summed E-state index contributed by atoms with van der Waals surface area (Å²) in [6.07, 6.45) is 2.72. The van der Waals surface area contributed by atoms with Gasteiger partial charge in [-0.25, -0.2) is 0 Å². The molecule has 0 unspecified atom stereocenters. The number of benzene rings is 1. The number of nitrogens with two attached hydrogens (primary N) is 1. The molecule has 0 amide bonds. The molecule has 1 aliphatic heterocycles. The van der Waals surface area contributed by atoms with E-state index in [-0.39, 0.29) is 0 Å². The van der Waals surface area contributed by atoms with Gasteiger partial charge in [-0.15, -0.1) is 0 Å². The summed E-state index contributed by atoms with van der Waals surface area (Å²) in [5.74, 6) is 0.650. The van der Waals surface area contributed by atoms with Crippen LogP contribution in [0.5, 0.6) is 0 Å². The normalized spacial score (nSPS) is 21.8. The molecule has 0 spiro atoms. The third-order valence-corrected chi connectivity index (χ3v) is 3.20. The third-order valence-electron chi connectivity index (χ3n) is 3.20. The van der Waals surface area contributed by atoms with Gasteiger partial charge in [-0.1, -0.05) is 38.1 Å². The van der Waals surface area contributed by atoms with Crippen molar-refractivity contribution in [2.45, 2.75) is 38.6 Å². The van der Waals surface area contributed by atoms with Gasteiger partial charge in [0.1, 0.15) is 6.04 Å². The van der Waals surface area contributed by atoms with Crippen LogP contribution in [-0.2, 0) is 0 Å². The third kappa shape index (κ3) is 1.98. The highest BCUT2D eigenvalue weighted by Crippen LogP contribution is 2.20. The number of hydrogen-bond acceptors (Lipinski definition) is 0. The fraction of sp³-hybridized carbons (Fsp3) is 0.538. The van der Waals surface area contributed by atoms with Crippen LogP contribution in [0.1, 0.15) is 49.8 Å². The molecule has 2 N–H and O–H groups in total. The van der Waals surface area contributed by atoms with Crippen molar-refractivity contribution in [2.75, 3.05) is 6.54 Å². The zero-order valence-corrected chi connectivity index (χ0v) is 9.16. The average Bonchev–Trinajstić information content (AvgIpc) is 2.71. The van der Waals surface area contributed by atoms with E-state index in [1.54, 1.807) is 0 Å². The van der Waals surface area contributed by atoms with E-state index in [0.29, 0.717) is 5.92 Å². The van der Waals surface area contributed by atoms with Crippen LogP contribution in [0.2, 0.25) is 0 Å². The van der Waals surface area contributed by atoms with Gasteiger partial charge in [-0.3, -0.25) is 0 Å². The van der Waals surface area contributed by atoms with Gasteiger partial charge in [0, 0.05) is 18.4 Å². The molecule has 0 bridgehead atoms. The Kier molecular flexibility index (Phi) is 2.87. The van der Waals surface area contributed by atoms with Gasteiger partial charge in [-0.2, -0.15) is 0 Å². The molecule has 0 saturated carbocycles. The van der Waals surface area contributed by atoms with E-state index < -0.39 is 0 Å². The summed E-state index contributed by atoms with van der Waals surface area (Å²) < 4.78 is 0. The molecule has 0 aromatic heterocycles. The Morgan fingerprint density at radius 1 is 1.21 bits per heavy atom. The van der Waals surface area contributed by atoms with Gasteiger partial charge < -0.3 is 5.32 Å². The summed E-state index contributed by atoms with van der Waals surface area (Å²) in [4.78, 5) is 0. The predicted molar refractivity (Wildman–Crippen MR) is 59.3 cm³/mol. The molecule has 1 heteroatoms. The first-order valence-electron chi connectivity index (χ1n) is 5.70. The highest BCUT2D eigenvalue weighted by molar-refractivity contribution is 5.26. The molecule has 1 atom stereocenters. The van der Waals surface area contributed by atoms with Crippen LogP contribution in [0.15, 0.2) is 24.3 Å². The maximum absolute atomic E-state index is 2.46. The van der Waals surface area contributed by atoms with Crippen molar-refractivity contribution in [1.82, 2.24) is 0 Å². The Bertz CT molecular complexity index is 281. The zero-order chi connectivity index (χ0) is 9.97. The van der Waals surface area contributed by atoms with Gasteiger partial charge in [-0.05, 0) is 11.5 Å². The SMILES string of the molecule is CC(C)c1ccc([C@@H]2CCC[NH2+]2)cc1. The quantitative estimate of drug-likeness (QED) is 0.736. The van der Waals surface area contributed by atoms with Gasteiger partial charge in [0.05, 0.1) is 6.54 Å². The van der Waals surface area contributed by atoms with Crippen molar-refractivity contribution in [3.05, 3.63) is 35.4 Å². The summed E-state index contributed by atoms with van der Waals surface area (Å²) in [5, 5.41) is 2.46. The van der Waals surface area contributed by atoms with E-state index in [1.165, 1.54) is 30.5 Å². The van der Waals surface area contributed by atoms with Crippen LogP contribution in [-0.4, -0.2) is 6.54 Å². The molecule has 2 rings (SSSR count). The van der Waals surface area contributed by atoms with Crippen LogP contribution in [0.4, 0.5) is 0 Å². The van der Waals surface area contributed by atoms with Crippen molar-refractivity contribution in [3.8, 4) is 0 Å². The molecule has 1 nitrogen and oxygen atoms in total. The largest absolute Gasteiger partial charge is 0.340 e. The minimum absolute atomic E-state index is 0.650. The summed E-state index contributed by atoms with van der Waals surface area (Å²) >= 11 is 0. The lowest BCUT2D eigenvalue weighted by Crippen LogP contribution is -2.81. The molecule has 1 saturated heterocycles. The van der Waals surface area contributed by atoms with E-state index in [1.807, 2.05) is 0 Å². The second-order valence-electron chi connectivity index (χ2n) is 4.59. The fourth-order valence-electron chi connectivity index (χ4n) is 2.21. The first-order chi connectivity index (χ1) is 6.77. The van der Waals surface area contributed by atoms with Crippen LogP contribution in [0.25, 0.3) is 0 Å². The Morgan fingerprint density at radius 3 is 2.43 bits per heavy atom. The van der Waals surface area contributed by atoms with Crippen molar-refractivity contribution in [3.63, 3.8) is 0 Å². The minimum Gasteiger partial charge on any atom is -0.340 e. The molecule has 1 aromatic rings. The van der Waals surface area contributed by atoms with Crippen LogP contribution in [0.3, 0.4) is 0 Å². The molecule has 1 aromatic carbocycles. The average molecular weight is 190 g/mol. The highest BCUT2D eigenvalue weighted by atomic mass is 14.9. The molecule has 1 aliphatic rings. The fourth-order valence-corrected chi connectivity index (χ4v) is 2.21. The summed E-state index contributed by atoms with van der Waals surface area (Å²) in [6, 6.07) is 9.92. The Labute approximate surface area is 86.5 Å². The van der Waals surface area contributed by atoms with Crippen LogP contribution in [0, 0.1) is 0 Å². The summed E-state index contributed by atoms with van der Waals surface area (Å²) in [5.41, 5.74) is 2.96. The Hall–Kier alpha value is -0.820. The van der Waals surface area contributed by atoms with Gasteiger partial charge in [0.2, 0.25) is 0 Å². The van der Waals surface area contributed by atoms with Gasteiger partial charge >= 0.3 is 0 Å². The lowest BCUT2D eigenvalue weighted by molar-refractivity contribution is -0.676. The van der Waals surface area contributed by atoms with E-state index in [9.17, 15) is 0 Å². The molecule has 1 heterocycles. The minimum atomic E-state index is 0.650. The summed E-state index contributed by atoms with van der Waals surface area (Å²) in [7, 11) is 0. The molecule has 0 radical (unpaired) electrons. The standard InChI is InChI=1S/C13H19N/c1-10(2)11-5-7-12(8-6-11)13-4-3-9-14-13/h5-8,10,13-14H,3-4,9H2,1-2H3/p+1/t13-/m0/s1. The van der Waals surface area contributed by atoms with Crippen molar-refractivity contribution < 1.29 is 5.32 Å². The van der Waals surface area contributed by atoms with E-state index in [4.69, 9.17) is 0 Å². The predicted octanol–water partition coefficient (Wildman–Crippen LogP) is 2.21. The van der Waals surface area contributed by atoms with E-state index in [0.717, 1.165) is 6.04 Å². The Morgan fingerprint density at radius 2 is 1.93 bits per heavy atom. The number of hydrogen-bond donors (Lipinski definition) is 1. The number of quaternary nitrogens is 1. The van der Waals surface area contributed by atoms with E-state index in [2.05, 4.69) is 43.4 Å². The lowest BCUT2D eigenvalue weighted by Gasteiger charge is -2.09. The zero-order valence-electron chi connectivity index (χ0n) is 9.16. The van der Waals surface area contributed by atoms with Crippen molar-refractivity contribution in [2.24, 2.45) is 0 Å². The van der Waals surface area contributed by atoms with Crippen molar-refractivity contribution in [1.29, 1.82) is 0 Å². The van der Waals surface area contributed by atoms with E-state index >= 15 is 0 Å². The topological polar surface area (TPSA) is 16.6 Å². The number of rotatable bonds is 2. The monoisotopic (exact) mass is 190 g/mol. The second-order valence-corrected chi connectivity index (χ2v) is 4.59.